The molecule has 164 valence electrons. The summed E-state index contributed by atoms with van der Waals surface area (Å²) in [6, 6.07) is 11.0. The van der Waals surface area contributed by atoms with Crippen LogP contribution in [0.3, 0.4) is 0 Å². The van der Waals surface area contributed by atoms with Crippen molar-refractivity contribution < 1.29 is 9.53 Å². The van der Waals surface area contributed by atoms with Gasteiger partial charge in [-0.1, -0.05) is 17.7 Å². The largest absolute Gasteiger partial charge is 0.450 e. The van der Waals surface area contributed by atoms with Gasteiger partial charge in [0.15, 0.2) is 0 Å². The van der Waals surface area contributed by atoms with Gasteiger partial charge in [-0.25, -0.2) is 4.79 Å². The first kappa shape index (κ1) is 21.4. The molecule has 0 saturated carbocycles. The Bertz CT molecular complexity index is 994. The van der Waals surface area contributed by atoms with Crippen LogP contribution in [0.15, 0.2) is 42.1 Å². The molecule has 2 aromatic rings. The Morgan fingerprint density at radius 1 is 1.10 bits per heavy atom. The molecule has 2 heterocycles. The molecule has 2 aliphatic rings. The molecule has 1 aliphatic heterocycles. The molecule has 0 radical (unpaired) electrons. The summed E-state index contributed by atoms with van der Waals surface area (Å²) in [5, 5.41) is 3.61. The summed E-state index contributed by atoms with van der Waals surface area (Å²) in [5.74, 6) is 0. The lowest BCUT2D eigenvalue weighted by Gasteiger charge is -2.29. The lowest BCUT2D eigenvalue weighted by atomic mass is 9.88. The number of rotatable bonds is 2. The van der Waals surface area contributed by atoms with E-state index < -0.39 is 0 Å². The minimum atomic E-state index is -0.204. The van der Waals surface area contributed by atoms with Gasteiger partial charge in [0.25, 0.3) is 0 Å². The fourth-order valence-electron chi connectivity index (χ4n) is 4.60. The van der Waals surface area contributed by atoms with E-state index in [1.54, 1.807) is 0 Å². The van der Waals surface area contributed by atoms with Crippen LogP contribution in [0.2, 0.25) is 0 Å². The highest BCUT2D eigenvalue weighted by Crippen LogP contribution is 2.38. The maximum Gasteiger partial charge on any atom is 0.409 e. The van der Waals surface area contributed by atoms with Crippen molar-refractivity contribution in [3.8, 4) is 0 Å². The van der Waals surface area contributed by atoms with Crippen molar-refractivity contribution in [3.63, 3.8) is 0 Å². The first-order valence-electron chi connectivity index (χ1n) is 11.3. The number of amides is 1. The summed E-state index contributed by atoms with van der Waals surface area (Å²) in [6.07, 6.45) is 5.38. The summed E-state index contributed by atoms with van der Waals surface area (Å²) in [4.78, 5) is 18.8. The number of nitrogens with one attached hydrogen (secondary N) is 1. The van der Waals surface area contributed by atoms with E-state index in [4.69, 9.17) is 9.72 Å². The minimum absolute atomic E-state index is 0.0186. The highest BCUT2D eigenvalue weighted by atomic mass is 16.6. The molecule has 1 fully saturated rings. The van der Waals surface area contributed by atoms with E-state index in [0.29, 0.717) is 19.7 Å². The lowest BCUT2D eigenvalue weighted by molar-refractivity contribution is 0.104. The van der Waals surface area contributed by atoms with Crippen LogP contribution in [0, 0.1) is 0 Å². The predicted octanol–water partition coefficient (Wildman–Crippen LogP) is 5.44. The Labute approximate surface area is 185 Å². The Hall–Kier alpha value is -2.82. The topological polar surface area (TPSA) is 54.5 Å². The fourth-order valence-corrected chi connectivity index (χ4v) is 4.60. The third kappa shape index (κ3) is 4.76. The highest BCUT2D eigenvalue weighted by molar-refractivity contribution is 5.85. The van der Waals surface area contributed by atoms with Crippen LogP contribution in [0.5, 0.6) is 0 Å². The van der Waals surface area contributed by atoms with Gasteiger partial charge in [0.2, 0.25) is 0 Å². The highest BCUT2D eigenvalue weighted by Gasteiger charge is 2.27. The number of carbonyl (C=O) groups excluding carboxylic acids is 1. The maximum absolute atomic E-state index is 12.2. The fraction of sp³-hybridized carbons (Fsp3) is 0.462. The van der Waals surface area contributed by atoms with Gasteiger partial charge in [0, 0.05) is 36.1 Å². The van der Waals surface area contributed by atoms with Crippen LogP contribution in [0.1, 0.15) is 62.9 Å². The van der Waals surface area contributed by atoms with Gasteiger partial charge in [-0.3, -0.25) is 4.98 Å². The number of fused-ring (bicyclic) bond motifs is 2. The summed E-state index contributed by atoms with van der Waals surface area (Å²) in [5.41, 5.74) is 8.90. The average Bonchev–Trinajstić information content (AvgIpc) is 2.89. The maximum atomic E-state index is 12.2. The lowest BCUT2D eigenvalue weighted by Crippen LogP contribution is -2.37. The molecule has 0 bridgehead atoms. The first-order valence-corrected chi connectivity index (χ1v) is 11.3. The van der Waals surface area contributed by atoms with Crippen LogP contribution >= 0.6 is 0 Å². The van der Waals surface area contributed by atoms with E-state index in [0.717, 1.165) is 37.1 Å². The van der Waals surface area contributed by atoms with E-state index in [1.165, 1.54) is 27.8 Å². The molecule has 1 amide bonds. The van der Waals surface area contributed by atoms with Crippen LogP contribution in [-0.2, 0) is 17.6 Å². The van der Waals surface area contributed by atoms with Gasteiger partial charge in [-0.05, 0) is 88.3 Å². The minimum Gasteiger partial charge on any atom is -0.450 e. The molecule has 4 rings (SSSR count). The van der Waals surface area contributed by atoms with Gasteiger partial charge in [-0.2, -0.15) is 0 Å². The molecule has 1 aromatic carbocycles. The Morgan fingerprint density at radius 3 is 2.55 bits per heavy atom. The zero-order valence-corrected chi connectivity index (χ0v) is 19.1. The number of hydrogen-bond donors (Lipinski definition) is 1. The third-order valence-corrected chi connectivity index (χ3v) is 5.93. The number of nitrogens with zero attached hydrogens (tertiary/aromatic N) is 2. The van der Waals surface area contributed by atoms with E-state index in [1.807, 2.05) is 24.1 Å². The molecule has 0 spiro atoms. The quantitative estimate of drug-likeness (QED) is 0.704. The molecule has 5 nitrogen and oxygen atoms in total. The van der Waals surface area contributed by atoms with Crippen molar-refractivity contribution in [3.05, 3.63) is 64.5 Å². The molecule has 0 atom stereocenters. The Balaban J connectivity index is 1.73. The van der Waals surface area contributed by atoms with Gasteiger partial charge in [0.1, 0.15) is 0 Å². The second-order valence-corrected chi connectivity index (χ2v) is 9.42. The number of aryl methyl sites for hydroxylation is 2. The van der Waals surface area contributed by atoms with Crippen molar-refractivity contribution in [2.24, 2.45) is 0 Å². The average molecular weight is 420 g/mol. The number of ether oxygens (including phenoxy) is 1. The molecule has 1 N–H and O–H groups in total. The van der Waals surface area contributed by atoms with Crippen molar-refractivity contribution in [1.29, 1.82) is 0 Å². The van der Waals surface area contributed by atoms with E-state index in [-0.39, 0.29) is 11.6 Å². The zero-order chi connectivity index (χ0) is 22.0. The Kier molecular flexibility index (Phi) is 6.03. The normalized spacial score (nSPS) is 16.3. The molecule has 1 saturated heterocycles. The van der Waals surface area contributed by atoms with Crippen molar-refractivity contribution in [1.82, 2.24) is 9.88 Å². The molecule has 1 aliphatic carbocycles. The number of aromatic nitrogens is 1. The number of likely N-dealkylation sites (tertiary alicyclic amines) is 1. The second kappa shape index (κ2) is 8.74. The molecular formula is C26H33N3O2. The molecule has 0 unspecified atom stereocenters. The van der Waals surface area contributed by atoms with Crippen LogP contribution in [0.25, 0.3) is 5.57 Å². The number of pyridine rings is 1. The summed E-state index contributed by atoms with van der Waals surface area (Å²) < 4.78 is 5.20. The molecule has 5 heteroatoms. The number of carbonyl (C=O) groups is 1. The van der Waals surface area contributed by atoms with Crippen molar-refractivity contribution >= 4 is 17.4 Å². The smallest absolute Gasteiger partial charge is 0.409 e. The van der Waals surface area contributed by atoms with Gasteiger partial charge < -0.3 is 15.0 Å². The number of benzene rings is 1. The van der Waals surface area contributed by atoms with E-state index in [2.05, 4.69) is 50.4 Å². The van der Waals surface area contributed by atoms with Crippen LogP contribution in [-0.4, -0.2) is 41.2 Å². The molecule has 31 heavy (non-hydrogen) atoms. The molecule has 1 aromatic heterocycles. The van der Waals surface area contributed by atoms with Crippen LogP contribution < -0.4 is 5.32 Å². The van der Waals surface area contributed by atoms with Crippen LogP contribution in [0.4, 0.5) is 10.5 Å². The number of anilines is 1. The monoisotopic (exact) mass is 419 g/mol. The van der Waals surface area contributed by atoms with E-state index >= 15 is 0 Å². The number of piperidine rings is 1. The Morgan fingerprint density at radius 2 is 1.84 bits per heavy atom. The zero-order valence-electron chi connectivity index (χ0n) is 19.1. The summed E-state index contributed by atoms with van der Waals surface area (Å²) >= 11 is 0. The SMILES string of the molecule is CCOC(=O)N1CCC(=C2c3ccc(NC(C)(C)C)cc3CCc3cccnc32)CC1. The van der Waals surface area contributed by atoms with Gasteiger partial charge in [-0.15, -0.1) is 0 Å². The summed E-state index contributed by atoms with van der Waals surface area (Å²) in [6.45, 7) is 10.2. The van der Waals surface area contributed by atoms with Crippen molar-refractivity contribution in [2.45, 2.75) is 58.9 Å². The van der Waals surface area contributed by atoms with Crippen molar-refractivity contribution in [2.75, 3.05) is 25.0 Å². The molecular weight excluding hydrogens is 386 g/mol. The third-order valence-electron chi connectivity index (χ3n) is 5.93. The van der Waals surface area contributed by atoms with E-state index in [9.17, 15) is 4.79 Å². The summed E-state index contributed by atoms with van der Waals surface area (Å²) in [7, 11) is 0. The second-order valence-electron chi connectivity index (χ2n) is 9.42. The first-order chi connectivity index (χ1) is 14.9. The number of hydrogen-bond acceptors (Lipinski definition) is 4. The standard InChI is InChI=1S/C26H33N3O2/c1-5-31-25(30)29-15-12-18(13-16-29)23-22-11-10-21(28-26(2,3)4)17-20(22)9-8-19-7-6-14-27-24(19)23/h6-7,10-11,14,17,28H,5,8-9,12-13,15-16H2,1-4H3. The van der Waals surface area contributed by atoms with Gasteiger partial charge >= 0.3 is 6.09 Å². The predicted molar refractivity (Wildman–Crippen MR) is 125 cm³/mol. The van der Waals surface area contributed by atoms with Gasteiger partial charge in [0.05, 0.1) is 12.3 Å².